The van der Waals surface area contributed by atoms with Crippen LogP contribution in [0.25, 0.3) is 22.2 Å². The Bertz CT molecular complexity index is 1140. The first kappa shape index (κ1) is 17.7. The van der Waals surface area contributed by atoms with Gasteiger partial charge < -0.3 is 5.32 Å². The van der Waals surface area contributed by atoms with Gasteiger partial charge in [0, 0.05) is 15.4 Å². The molecule has 0 saturated heterocycles. The van der Waals surface area contributed by atoms with Crippen molar-refractivity contribution in [2.45, 2.75) is 0 Å². The Labute approximate surface area is 170 Å². The number of aromatic nitrogens is 1. The molecule has 4 aromatic rings. The number of carbonyl (C=O) groups is 1. The highest BCUT2D eigenvalue weighted by Gasteiger charge is 2.15. The van der Waals surface area contributed by atoms with Gasteiger partial charge in [0.1, 0.15) is 0 Å². The first-order chi connectivity index (χ1) is 13.1. The number of anilines is 1. The fourth-order valence-electron chi connectivity index (χ4n) is 2.88. The maximum absolute atomic E-state index is 13.0. The summed E-state index contributed by atoms with van der Waals surface area (Å²) in [5.74, 6) is -0.222. The largest absolute Gasteiger partial charge is 0.321 e. The SMILES string of the molecule is O=C(Nc1ccccc1Cl)c1cc(-c2ccc(Br)cc2)nc2ccccc12. The summed E-state index contributed by atoms with van der Waals surface area (Å²) in [5, 5.41) is 4.19. The lowest BCUT2D eigenvalue weighted by Crippen LogP contribution is -2.13. The molecule has 0 saturated carbocycles. The molecule has 1 N–H and O–H groups in total. The van der Waals surface area contributed by atoms with Crippen LogP contribution in [0.4, 0.5) is 5.69 Å². The normalized spacial score (nSPS) is 10.7. The van der Waals surface area contributed by atoms with Gasteiger partial charge in [-0.1, -0.05) is 70.0 Å². The lowest BCUT2D eigenvalue weighted by atomic mass is 10.0. The predicted octanol–water partition coefficient (Wildman–Crippen LogP) is 6.57. The summed E-state index contributed by atoms with van der Waals surface area (Å²) < 4.78 is 0.990. The number of amides is 1. The van der Waals surface area contributed by atoms with Crippen LogP contribution >= 0.6 is 27.5 Å². The second kappa shape index (κ2) is 7.51. The number of hydrogen-bond donors (Lipinski definition) is 1. The van der Waals surface area contributed by atoms with Gasteiger partial charge in [0.05, 0.1) is 27.5 Å². The van der Waals surface area contributed by atoms with Gasteiger partial charge in [0.25, 0.3) is 5.91 Å². The number of para-hydroxylation sites is 2. The molecule has 3 aromatic carbocycles. The van der Waals surface area contributed by atoms with Gasteiger partial charge in [-0.3, -0.25) is 4.79 Å². The standard InChI is InChI=1S/C22H14BrClN2O/c23-15-11-9-14(10-12-15)21-13-17(16-5-1-3-7-19(16)25-21)22(27)26-20-8-4-2-6-18(20)24/h1-13H,(H,26,27). The molecule has 0 spiro atoms. The van der Waals surface area contributed by atoms with Crippen LogP contribution in [0.1, 0.15) is 10.4 Å². The van der Waals surface area contributed by atoms with Crippen molar-refractivity contribution in [3.8, 4) is 11.3 Å². The molecular weight excluding hydrogens is 424 g/mol. The Morgan fingerprint density at radius 2 is 1.63 bits per heavy atom. The second-order valence-corrected chi connectivity index (χ2v) is 7.34. The van der Waals surface area contributed by atoms with E-state index in [0.29, 0.717) is 16.3 Å². The van der Waals surface area contributed by atoms with Crippen LogP contribution in [0.3, 0.4) is 0 Å². The number of pyridine rings is 1. The molecule has 1 aromatic heterocycles. The van der Waals surface area contributed by atoms with E-state index in [-0.39, 0.29) is 5.91 Å². The maximum atomic E-state index is 13.0. The summed E-state index contributed by atoms with van der Waals surface area (Å²) >= 11 is 9.63. The van der Waals surface area contributed by atoms with Crippen LogP contribution in [0.2, 0.25) is 5.02 Å². The minimum Gasteiger partial charge on any atom is -0.321 e. The highest BCUT2D eigenvalue weighted by molar-refractivity contribution is 9.10. The highest BCUT2D eigenvalue weighted by Crippen LogP contribution is 2.27. The smallest absolute Gasteiger partial charge is 0.256 e. The van der Waals surface area contributed by atoms with Gasteiger partial charge in [-0.2, -0.15) is 0 Å². The van der Waals surface area contributed by atoms with E-state index in [1.54, 1.807) is 12.1 Å². The summed E-state index contributed by atoms with van der Waals surface area (Å²) in [6.45, 7) is 0. The molecule has 0 aliphatic heterocycles. The van der Waals surface area contributed by atoms with Gasteiger partial charge in [0.2, 0.25) is 0 Å². The van der Waals surface area contributed by atoms with Gasteiger partial charge in [0.15, 0.2) is 0 Å². The van der Waals surface area contributed by atoms with E-state index in [0.717, 1.165) is 26.6 Å². The molecule has 3 nitrogen and oxygen atoms in total. The highest BCUT2D eigenvalue weighted by atomic mass is 79.9. The van der Waals surface area contributed by atoms with E-state index in [1.165, 1.54) is 0 Å². The molecule has 27 heavy (non-hydrogen) atoms. The van der Waals surface area contributed by atoms with E-state index in [4.69, 9.17) is 16.6 Å². The Morgan fingerprint density at radius 3 is 2.41 bits per heavy atom. The minimum atomic E-state index is -0.222. The quantitative estimate of drug-likeness (QED) is 0.394. The van der Waals surface area contributed by atoms with E-state index >= 15 is 0 Å². The van der Waals surface area contributed by atoms with Gasteiger partial charge in [-0.15, -0.1) is 0 Å². The van der Waals surface area contributed by atoms with Crippen molar-refractivity contribution in [2.24, 2.45) is 0 Å². The molecule has 0 radical (unpaired) electrons. The Balaban J connectivity index is 1.82. The molecule has 0 bridgehead atoms. The average Bonchev–Trinajstić information content (AvgIpc) is 2.69. The van der Waals surface area contributed by atoms with Crippen molar-refractivity contribution in [1.82, 2.24) is 4.98 Å². The Hall–Kier alpha value is -2.69. The van der Waals surface area contributed by atoms with Crippen LogP contribution in [-0.4, -0.2) is 10.9 Å². The molecule has 132 valence electrons. The summed E-state index contributed by atoms with van der Waals surface area (Å²) in [6.07, 6.45) is 0. The van der Waals surface area contributed by atoms with Crippen molar-refractivity contribution in [2.75, 3.05) is 5.32 Å². The monoisotopic (exact) mass is 436 g/mol. The number of rotatable bonds is 3. The molecule has 0 unspecified atom stereocenters. The lowest BCUT2D eigenvalue weighted by molar-refractivity contribution is 0.102. The number of benzene rings is 3. The molecule has 4 rings (SSSR count). The van der Waals surface area contributed by atoms with Crippen molar-refractivity contribution in [1.29, 1.82) is 0 Å². The van der Waals surface area contributed by atoms with E-state index in [9.17, 15) is 4.79 Å². The third kappa shape index (κ3) is 3.72. The molecule has 1 heterocycles. The van der Waals surface area contributed by atoms with Gasteiger partial charge in [-0.25, -0.2) is 4.98 Å². The van der Waals surface area contributed by atoms with Crippen LogP contribution in [0.5, 0.6) is 0 Å². The zero-order valence-electron chi connectivity index (χ0n) is 14.1. The predicted molar refractivity (Wildman–Crippen MR) is 114 cm³/mol. The van der Waals surface area contributed by atoms with Gasteiger partial charge >= 0.3 is 0 Å². The van der Waals surface area contributed by atoms with Crippen LogP contribution in [0, 0.1) is 0 Å². The number of halogens is 2. The molecule has 0 aliphatic carbocycles. The van der Waals surface area contributed by atoms with Crippen molar-refractivity contribution in [3.05, 3.63) is 93.9 Å². The molecule has 0 atom stereocenters. The number of carbonyl (C=O) groups excluding carboxylic acids is 1. The topological polar surface area (TPSA) is 42.0 Å². The second-order valence-electron chi connectivity index (χ2n) is 6.01. The molecule has 0 aliphatic rings. The summed E-state index contributed by atoms with van der Waals surface area (Å²) in [7, 11) is 0. The van der Waals surface area contributed by atoms with Crippen LogP contribution in [0.15, 0.2) is 83.3 Å². The third-order valence-corrected chi connectivity index (χ3v) is 5.08. The first-order valence-corrected chi connectivity index (χ1v) is 9.50. The molecule has 1 amide bonds. The van der Waals surface area contributed by atoms with E-state index in [1.807, 2.05) is 66.7 Å². The zero-order chi connectivity index (χ0) is 18.8. The van der Waals surface area contributed by atoms with Crippen LogP contribution in [-0.2, 0) is 0 Å². The number of fused-ring (bicyclic) bond motifs is 1. The number of hydrogen-bond acceptors (Lipinski definition) is 2. The van der Waals surface area contributed by atoms with Crippen molar-refractivity contribution >= 4 is 50.0 Å². The van der Waals surface area contributed by atoms with E-state index in [2.05, 4.69) is 21.2 Å². The average molecular weight is 438 g/mol. The van der Waals surface area contributed by atoms with Crippen molar-refractivity contribution < 1.29 is 4.79 Å². The van der Waals surface area contributed by atoms with Crippen molar-refractivity contribution in [3.63, 3.8) is 0 Å². The molecular formula is C22H14BrClN2O. The lowest BCUT2D eigenvalue weighted by Gasteiger charge is -2.11. The minimum absolute atomic E-state index is 0.222. The Morgan fingerprint density at radius 1 is 0.926 bits per heavy atom. The Kier molecular flexibility index (Phi) is 4.92. The zero-order valence-corrected chi connectivity index (χ0v) is 16.5. The molecule has 0 fully saturated rings. The summed E-state index contributed by atoms with van der Waals surface area (Å²) in [4.78, 5) is 17.7. The van der Waals surface area contributed by atoms with Crippen LogP contribution < -0.4 is 5.32 Å². The van der Waals surface area contributed by atoms with E-state index < -0.39 is 0 Å². The maximum Gasteiger partial charge on any atom is 0.256 e. The van der Waals surface area contributed by atoms with Gasteiger partial charge in [-0.05, 0) is 36.4 Å². The fraction of sp³-hybridized carbons (Fsp3) is 0. The summed E-state index contributed by atoms with van der Waals surface area (Å²) in [6, 6.07) is 24.5. The molecule has 5 heteroatoms. The number of nitrogens with one attached hydrogen (secondary N) is 1. The summed E-state index contributed by atoms with van der Waals surface area (Å²) in [5.41, 5.74) is 3.58. The number of nitrogens with zero attached hydrogens (tertiary/aromatic N) is 1. The third-order valence-electron chi connectivity index (χ3n) is 4.22. The first-order valence-electron chi connectivity index (χ1n) is 8.33. The fourth-order valence-corrected chi connectivity index (χ4v) is 3.33.